The molecule has 1 aliphatic rings. The number of rotatable bonds is 7. The van der Waals surface area contributed by atoms with E-state index in [4.69, 9.17) is 24.4 Å². The summed E-state index contributed by atoms with van der Waals surface area (Å²) in [6.45, 7) is 3.12. The van der Waals surface area contributed by atoms with E-state index in [0.717, 1.165) is 44.1 Å². The molecule has 2 aromatic carbocycles. The van der Waals surface area contributed by atoms with Gasteiger partial charge in [-0.25, -0.2) is 0 Å². The van der Waals surface area contributed by atoms with Crippen molar-refractivity contribution in [1.82, 2.24) is 0 Å². The fraction of sp³-hybridized carbons (Fsp3) is 0.455. The fourth-order valence-corrected chi connectivity index (χ4v) is 3.01. The summed E-state index contributed by atoms with van der Waals surface area (Å²) in [4.78, 5) is 0. The number of para-hydroxylation sites is 2. The maximum atomic E-state index is 10.7. The molecule has 0 aromatic heterocycles. The SMILES string of the molecule is CCO.CO.O=PCc1cccc(COc2ccccc2OC2CCCCO2)c1. The van der Waals surface area contributed by atoms with Gasteiger partial charge in [-0.1, -0.05) is 36.4 Å². The smallest absolute Gasteiger partial charge is 0.200 e. The number of benzene rings is 2. The van der Waals surface area contributed by atoms with Crippen molar-refractivity contribution in [2.45, 2.75) is 45.2 Å². The first kappa shape index (κ1) is 25.1. The van der Waals surface area contributed by atoms with E-state index >= 15 is 0 Å². The third-order valence-electron chi connectivity index (χ3n) is 3.88. The minimum atomic E-state index is -0.192. The lowest BCUT2D eigenvalue weighted by Gasteiger charge is -2.24. The second kappa shape index (κ2) is 15.9. The zero-order valence-electron chi connectivity index (χ0n) is 17.1. The van der Waals surface area contributed by atoms with Crippen molar-refractivity contribution in [3.8, 4) is 11.5 Å². The van der Waals surface area contributed by atoms with Crippen LogP contribution in [0.25, 0.3) is 0 Å². The summed E-state index contributed by atoms with van der Waals surface area (Å²) in [5.74, 6) is 1.41. The van der Waals surface area contributed by atoms with Crippen LogP contribution in [0.15, 0.2) is 48.5 Å². The molecule has 0 spiro atoms. The zero-order chi connectivity index (χ0) is 21.3. The van der Waals surface area contributed by atoms with Gasteiger partial charge in [0, 0.05) is 20.1 Å². The number of aliphatic hydroxyl groups excluding tert-OH is 2. The van der Waals surface area contributed by atoms with Crippen LogP contribution >= 0.6 is 8.46 Å². The molecule has 1 heterocycles. The van der Waals surface area contributed by atoms with Crippen molar-refractivity contribution in [3.63, 3.8) is 0 Å². The molecule has 6 nitrogen and oxygen atoms in total. The standard InChI is InChI=1S/C19H21O4P.C2H6O.CH4O/c20-24-14-16-7-5-6-15(12-16)13-22-17-8-1-2-9-18(17)23-19-10-3-4-11-21-19;1-2-3;1-2/h1-2,5-9,12,19H,3-4,10-11,13-14H2;3H,2H2,1H3;2H,1H3. The molecule has 3 rings (SSSR count). The molecule has 1 atom stereocenters. The topological polar surface area (TPSA) is 85.2 Å². The van der Waals surface area contributed by atoms with Crippen molar-refractivity contribution in [3.05, 3.63) is 59.7 Å². The van der Waals surface area contributed by atoms with Gasteiger partial charge < -0.3 is 24.4 Å². The molecular weight excluding hydrogens is 391 g/mol. The predicted molar refractivity (Wildman–Crippen MR) is 114 cm³/mol. The van der Waals surface area contributed by atoms with Crippen LogP contribution in [-0.2, 0) is 22.1 Å². The van der Waals surface area contributed by atoms with Gasteiger partial charge in [0.1, 0.15) is 6.61 Å². The van der Waals surface area contributed by atoms with Crippen molar-refractivity contribution >= 4 is 8.46 Å². The molecule has 1 aliphatic heterocycles. The summed E-state index contributed by atoms with van der Waals surface area (Å²) in [6.07, 6.45) is 3.46. The molecule has 0 radical (unpaired) electrons. The highest BCUT2D eigenvalue weighted by molar-refractivity contribution is 7.22. The van der Waals surface area contributed by atoms with Crippen molar-refractivity contribution in [2.24, 2.45) is 0 Å². The Bertz CT molecular complexity index is 689. The Labute approximate surface area is 174 Å². The first-order valence-corrected chi connectivity index (χ1v) is 10.7. The van der Waals surface area contributed by atoms with Crippen molar-refractivity contribution in [1.29, 1.82) is 0 Å². The van der Waals surface area contributed by atoms with Crippen LogP contribution in [0.1, 0.15) is 37.3 Å². The second-order valence-corrected chi connectivity index (χ2v) is 6.65. The van der Waals surface area contributed by atoms with Crippen LogP contribution in [0.4, 0.5) is 0 Å². The van der Waals surface area contributed by atoms with E-state index in [9.17, 15) is 4.57 Å². The zero-order valence-corrected chi connectivity index (χ0v) is 18.0. The van der Waals surface area contributed by atoms with Crippen LogP contribution in [0, 0.1) is 0 Å². The average Bonchev–Trinajstić information content (AvgIpc) is 2.76. The van der Waals surface area contributed by atoms with Crippen molar-refractivity contribution < 1.29 is 29.0 Å². The molecule has 160 valence electrons. The molecule has 0 amide bonds. The summed E-state index contributed by atoms with van der Waals surface area (Å²) in [5.41, 5.74) is 2.08. The molecule has 2 N–H and O–H groups in total. The lowest BCUT2D eigenvalue weighted by molar-refractivity contribution is -0.106. The molecule has 29 heavy (non-hydrogen) atoms. The molecule has 1 unspecified atom stereocenters. The first-order valence-electron chi connectivity index (χ1n) is 9.69. The van der Waals surface area contributed by atoms with Gasteiger partial charge in [0.05, 0.1) is 12.8 Å². The minimum absolute atomic E-state index is 0.128. The molecule has 0 saturated carbocycles. The van der Waals surface area contributed by atoms with Crippen LogP contribution in [0.5, 0.6) is 11.5 Å². The van der Waals surface area contributed by atoms with E-state index < -0.39 is 0 Å². The van der Waals surface area contributed by atoms with E-state index in [2.05, 4.69) is 0 Å². The summed E-state index contributed by atoms with van der Waals surface area (Å²) in [5, 5.41) is 14.6. The highest BCUT2D eigenvalue weighted by atomic mass is 31.1. The Morgan fingerprint density at radius 2 is 1.76 bits per heavy atom. The minimum Gasteiger partial charge on any atom is -0.485 e. The quantitative estimate of drug-likeness (QED) is 0.636. The summed E-state index contributed by atoms with van der Waals surface area (Å²) >= 11 is 0. The first-order chi connectivity index (χ1) is 14.3. The number of hydrogen-bond acceptors (Lipinski definition) is 6. The largest absolute Gasteiger partial charge is 0.485 e. The molecule has 7 heteroatoms. The Balaban J connectivity index is 0.000000771. The highest BCUT2D eigenvalue weighted by Gasteiger charge is 2.17. The van der Waals surface area contributed by atoms with Crippen molar-refractivity contribution in [2.75, 3.05) is 20.3 Å². The molecular formula is C22H31O6P. The van der Waals surface area contributed by atoms with E-state index in [-0.39, 0.29) is 21.4 Å². The molecule has 1 fully saturated rings. The maximum absolute atomic E-state index is 10.7. The Hall–Kier alpha value is -1.98. The summed E-state index contributed by atoms with van der Waals surface area (Å²) in [7, 11) is 1.13. The summed E-state index contributed by atoms with van der Waals surface area (Å²) < 4.78 is 28.3. The Kier molecular flexibility index (Phi) is 13.7. The molecule has 1 saturated heterocycles. The van der Waals surface area contributed by atoms with E-state index in [1.54, 1.807) is 6.92 Å². The third-order valence-corrected chi connectivity index (χ3v) is 4.37. The van der Waals surface area contributed by atoms with Crippen LogP contribution in [0.3, 0.4) is 0 Å². The molecule has 2 aromatic rings. The van der Waals surface area contributed by atoms with Gasteiger partial charge in [-0.3, -0.25) is 4.57 Å². The van der Waals surface area contributed by atoms with Gasteiger partial charge in [-0.05, 0) is 43.0 Å². The van der Waals surface area contributed by atoms with Gasteiger partial charge >= 0.3 is 0 Å². The van der Waals surface area contributed by atoms with Crippen LogP contribution in [0.2, 0.25) is 0 Å². The lowest BCUT2D eigenvalue weighted by atomic mass is 10.1. The highest BCUT2D eigenvalue weighted by Crippen LogP contribution is 2.30. The molecule has 0 aliphatic carbocycles. The van der Waals surface area contributed by atoms with Gasteiger partial charge in [-0.2, -0.15) is 0 Å². The van der Waals surface area contributed by atoms with Gasteiger partial charge in [0.2, 0.25) is 0 Å². The van der Waals surface area contributed by atoms with E-state index in [0.29, 0.717) is 24.3 Å². The van der Waals surface area contributed by atoms with Gasteiger partial charge in [-0.15, -0.1) is 0 Å². The lowest BCUT2D eigenvalue weighted by Crippen LogP contribution is -2.25. The van der Waals surface area contributed by atoms with E-state index in [1.165, 1.54) is 0 Å². The van der Waals surface area contributed by atoms with Crippen LogP contribution < -0.4 is 9.47 Å². The van der Waals surface area contributed by atoms with Crippen LogP contribution in [-0.4, -0.2) is 36.8 Å². The second-order valence-electron chi connectivity index (χ2n) is 6.07. The van der Waals surface area contributed by atoms with Gasteiger partial charge in [0.25, 0.3) is 0 Å². The maximum Gasteiger partial charge on any atom is 0.200 e. The van der Waals surface area contributed by atoms with E-state index in [1.807, 2.05) is 48.5 Å². The fourth-order valence-electron chi connectivity index (χ4n) is 2.67. The number of hydrogen-bond donors (Lipinski definition) is 2. The summed E-state index contributed by atoms with van der Waals surface area (Å²) in [6, 6.07) is 15.6. The monoisotopic (exact) mass is 422 g/mol. The number of ether oxygens (including phenoxy) is 3. The number of aliphatic hydroxyl groups is 2. The Morgan fingerprint density at radius 1 is 1.07 bits per heavy atom. The predicted octanol–water partition coefficient (Wildman–Crippen LogP) is 4.57. The Morgan fingerprint density at radius 3 is 2.41 bits per heavy atom. The normalized spacial score (nSPS) is 15.4. The van der Waals surface area contributed by atoms with Gasteiger partial charge in [0.15, 0.2) is 26.2 Å². The third kappa shape index (κ3) is 9.86. The average molecular weight is 422 g/mol. The molecule has 0 bridgehead atoms.